The molecule has 1 N–H and O–H groups in total. The molecule has 1 aliphatic carbocycles. The lowest BCUT2D eigenvalue weighted by atomic mass is 9.98. The molecule has 26 heavy (non-hydrogen) atoms. The zero-order chi connectivity index (χ0) is 17.8. The molecule has 2 heterocycles. The highest BCUT2D eigenvalue weighted by atomic mass is 16.5. The molecule has 1 unspecified atom stereocenters. The third-order valence-corrected chi connectivity index (χ3v) is 5.54. The summed E-state index contributed by atoms with van der Waals surface area (Å²) in [5.74, 6) is 1.01. The quantitative estimate of drug-likeness (QED) is 0.890. The number of ether oxygens (including phenoxy) is 1. The van der Waals surface area contributed by atoms with E-state index in [4.69, 9.17) is 4.74 Å². The van der Waals surface area contributed by atoms with Crippen LogP contribution in [0.2, 0.25) is 0 Å². The summed E-state index contributed by atoms with van der Waals surface area (Å²) in [6.07, 6.45) is 13.1. The number of aryl methyl sites for hydroxylation is 1. The van der Waals surface area contributed by atoms with Gasteiger partial charge in [-0.05, 0) is 62.6 Å². The van der Waals surface area contributed by atoms with Crippen LogP contribution in [0.25, 0.3) is 0 Å². The van der Waals surface area contributed by atoms with Gasteiger partial charge in [-0.2, -0.15) is 0 Å². The van der Waals surface area contributed by atoms with E-state index in [0.29, 0.717) is 12.6 Å². The van der Waals surface area contributed by atoms with Gasteiger partial charge >= 0.3 is 0 Å². The highest BCUT2D eigenvalue weighted by Gasteiger charge is 2.25. The molecule has 1 aliphatic heterocycles. The topological polar surface area (TPSA) is 56.1 Å². The highest BCUT2D eigenvalue weighted by molar-refractivity contribution is 5.80. The van der Waals surface area contributed by atoms with E-state index >= 15 is 0 Å². The Morgan fingerprint density at radius 1 is 1.12 bits per heavy atom. The van der Waals surface area contributed by atoms with Gasteiger partial charge in [-0.25, -0.2) is 4.98 Å². The summed E-state index contributed by atoms with van der Waals surface area (Å²) in [6.45, 7) is 0.545. The van der Waals surface area contributed by atoms with Gasteiger partial charge < -0.3 is 14.6 Å². The molecule has 2 aromatic rings. The number of fused-ring (bicyclic) bond motifs is 1. The van der Waals surface area contributed by atoms with Gasteiger partial charge in [0, 0.05) is 18.4 Å². The van der Waals surface area contributed by atoms with Crippen LogP contribution in [0.5, 0.6) is 5.75 Å². The van der Waals surface area contributed by atoms with Crippen molar-refractivity contribution in [2.75, 3.05) is 0 Å². The van der Waals surface area contributed by atoms with Gasteiger partial charge in [-0.1, -0.05) is 18.6 Å². The van der Waals surface area contributed by atoms with Gasteiger partial charge in [0.05, 0.1) is 12.4 Å². The Labute approximate surface area is 154 Å². The van der Waals surface area contributed by atoms with E-state index < -0.39 is 0 Å². The number of benzene rings is 1. The van der Waals surface area contributed by atoms with Crippen molar-refractivity contribution in [2.45, 2.75) is 70.1 Å². The summed E-state index contributed by atoms with van der Waals surface area (Å²) < 4.78 is 8.08. The number of carbonyl (C=O) groups is 1. The Hall–Kier alpha value is -2.30. The molecule has 1 saturated carbocycles. The third kappa shape index (κ3) is 3.92. The second kappa shape index (κ2) is 7.94. The smallest absolute Gasteiger partial charge is 0.243 e. The minimum atomic E-state index is -0.129. The Morgan fingerprint density at radius 3 is 2.73 bits per heavy atom. The number of rotatable bonds is 5. The summed E-state index contributed by atoms with van der Waals surface area (Å²) in [5.41, 5.74) is 2.25. The Bertz CT molecular complexity index is 732. The maximum absolute atomic E-state index is 12.6. The third-order valence-electron chi connectivity index (χ3n) is 5.54. The first-order valence-corrected chi connectivity index (χ1v) is 9.83. The summed E-state index contributed by atoms with van der Waals surface area (Å²) >= 11 is 0. The number of hydrogen-bond donors (Lipinski definition) is 1. The second-order valence-corrected chi connectivity index (χ2v) is 7.44. The van der Waals surface area contributed by atoms with Gasteiger partial charge in [0.25, 0.3) is 0 Å². The Kier molecular flexibility index (Phi) is 5.23. The summed E-state index contributed by atoms with van der Waals surface area (Å²) in [7, 11) is 0. The van der Waals surface area contributed by atoms with Gasteiger partial charge in [-0.3, -0.25) is 4.79 Å². The van der Waals surface area contributed by atoms with Crippen molar-refractivity contribution in [3.63, 3.8) is 0 Å². The number of imidazole rings is 1. The monoisotopic (exact) mass is 353 g/mol. The molecule has 1 amide bonds. The van der Waals surface area contributed by atoms with Crippen molar-refractivity contribution in [3.05, 3.63) is 48.0 Å². The van der Waals surface area contributed by atoms with E-state index in [9.17, 15) is 4.79 Å². The standard InChI is InChI=1S/C21H27N3O2/c25-21(20-8-4-5-17-14-22-15-24(17)20)23-13-16-9-11-19(12-10-16)26-18-6-2-1-3-7-18/h9-12,14-15,18,20H,1-8,13H2,(H,23,25). The summed E-state index contributed by atoms with van der Waals surface area (Å²) in [5, 5.41) is 3.07. The first-order valence-electron chi connectivity index (χ1n) is 9.83. The van der Waals surface area contributed by atoms with Crippen LogP contribution in [0, 0.1) is 0 Å². The van der Waals surface area contributed by atoms with Crippen LogP contribution < -0.4 is 10.1 Å². The molecule has 0 bridgehead atoms. The van der Waals surface area contributed by atoms with Gasteiger partial charge in [0.2, 0.25) is 5.91 Å². The predicted octanol–water partition coefficient (Wildman–Crippen LogP) is 3.79. The molecule has 1 aromatic carbocycles. The molecule has 2 aliphatic rings. The Morgan fingerprint density at radius 2 is 1.92 bits per heavy atom. The fraction of sp³-hybridized carbons (Fsp3) is 0.524. The average molecular weight is 353 g/mol. The molecule has 5 nitrogen and oxygen atoms in total. The number of nitrogens with zero attached hydrogens (tertiary/aromatic N) is 2. The fourth-order valence-corrected chi connectivity index (χ4v) is 4.05. The first-order chi connectivity index (χ1) is 12.8. The van der Waals surface area contributed by atoms with Crippen molar-refractivity contribution in [1.82, 2.24) is 14.9 Å². The van der Waals surface area contributed by atoms with Crippen molar-refractivity contribution >= 4 is 5.91 Å². The number of aromatic nitrogens is 2. The van der Waals surface area contributed by atoms with Crippen LogP contribution in [-0.2, 0) is 17.8 Å². The van der Waals surface area contributed by atoms with Crippen LogP contribution in [0.15, 0.2) is 36.8 Å². The molecule has 0 saturated heterocycles. The lowest BCUT2D eigenvalue weighted by Crippen LogP contribution is -2.34. The lowest BCUT2D eigenvalue weighted by molar-refractivity contribution is -0.125. The lowest BCUT2D eigenvalue weighted by Gasteiger charge is -2.24. The molecule has 0 spiro atoms. The largest absolute Gasteiger partial charge is 0.490 e. The maximum Gasteiger partial charge on any atom is 0.243 e. The first kappa shape index (κ1) is 17.1. The van der Waals surface area contributed by atoms with E-state index in [1.165, 1.54) is 19.3 Å². The van der Waals surface area contributed by atoms with Crippen LogP contribution in [0.1, 0.15) is 62.2 Å². The minimum absolute atomic E-state index is 0.0754. The van der Waals surface area contributed by atoms with Crippen LogP contribution in [0.3, 0.4) is 0 Å². The van der Waals surface area contributed by atoms with E-state index in [0.717, 1.165) is 49.1 Å². The highest BCUT2D eigenvalue weighted by Crippen LogP contribution is 2.25. The fourth-order valence-electron chi connectivity index (χ4n) is 4.05. The summed E-state index contributed by atoms with van der Waals surface area (Å²) in [4.78, 5) is 16.8. The predicted molar refractivity (Wildman–Crippen MR) is 100.0 cm³/mol. The molecule has 5 heteroatoms. The van der Waals surface area contributed by atoms with Crippen molar-refractivity contribution in [1.29, 1.82) is 0 Å². The summed E-state index contributed by atoms with van der Waals surface area (Å²) in [6, 6.07) is 7.99. The molecule has 1 atom stereocenters. The van der Waals surface area contributed by atoms with Crippen molar-refractivity contribution < 1.29 is 9.53 Å². The average Bonchev–Trinajstić information content (AvgIpc) is 3.17. The molecular weight excluding hydrogens is 326 g/mol. The van der Waals surface area contributed by atoms with Gasteiger partial charge in [0.15, 0.2) is 0 Å². The number of carbonyl (C=O) groups excluding carboxylic acids is 1. The number of nitrogens with one attached hydrogen (secondary N) is 1. The van der Waals surface area contributed by atoms with E-state index in [-0.39, 0.29) is 11.9 Å². The molecule has 1 fully saturated rings. The van der Waals surface area contributed by atoms with Crippen LogP contribution >= 0.6 is 0 Å². The van der Waals surface area contributed by atoms with E-state index in [1.54, 1.807) is 6.33 Å². The normalized spacial score (nSPS) is 20.4. The minimum Gasteiger partial charge on any atom is -0.490 e. The molecular formula is C21H27N3O2. The zero-order valence-corrected chi connectivity index (χ0v) is 15.2. The molecule has 0 radical (unpaired) electrons. The van der Waals surface area contributed by atoms with Crippen molar-refractivity contribution in [3.8, 4) is 5.75 Å². The number of amides is 1. The van der Waals surface area contributed by atoms with E-state index in [2.05, 4.69) is 10.3 Å². The Balaban J connectivity index is 1.30. The van der Waals surface area contributed by atoms with Crippen LogP contribution in [-0.4, -0.2) is 21.6 Å². The van der Waals surface area contributed by atoms with Crippen LogP contribution in [0.4, 0.5) is 0 Å². The second-order valence-electron chi connectivity index (χ2n) is 7.44. The number of hydrogen-bond acceptors (Lipinski definition) is 3. The van der Waals surface area contributed by atoms with E-state index in [1.807, 2.05) is 35.0 Å². The van der Waals surface area contributed by atoms with Gasteiger partial charge in [0.1, 0.15) is 11.8 Å². The SMILES string of the molecule is O=C(NCc1ccc(OC2CCCCC2)cc1)C1CCCc2cncn21. The van der Waals surface area contributed by atoms with Crippen molar-refractivity contribution in [2.24, 2.45) is 0 Å². The molecule has 138 valence electrons. The zero-order valence-electron chi connectivity index (χ0n) is 15.2. The maximum atomic E-state index is 12.6. The molecule has 4 rings (SSSR count). The van der Waals surface area contributed by atoms with Gasteiger partial charge in [-0.15, -0.1) is 0 Å². The molecule has 1 aromatic heterocycles.